The quantitative estimate of drug-likeness (QED) is 0.177. The maximum atomic E-state index is 14.3. The first-order valence-electron chi connectivity index (χ1n) is 12.6. The van der Waals surface area contributed by atoms with Crippen molar-refractivity contribution < 1.29 is 28.2 Å². The van der Waals surface area contributed by atoms with E-state index in [4.69, 9.17) is 14.2 Å². The van der Waals surface area contributed by atoms with Crippen LogP contribution in [0.4, 0.5) is 4.39 Å². The molecule has 0 aliphatic heterocycles. The highest BCUT2D eigenvalue weighted by Gasteiger charge is 2.51. The van der Waals surface area contributed by atoms with E-state index in [9.17, 15) is 14.0 Å². The van der Waals surface area contributed by atoms with Crippen molar-refractivity contribution in [2.75, 3.05) is 13.2 Å². The maximum absolute atomic E-state index is 14.3. The number of carbonyl (C=O) groups excluding carboxylic acids is 2. The van der Waals surface area contributed by atoms with Crippen LogP contribution in [0.2, 0.25) is 0 Å². The summed E-state index contributed by atoms with van der Waals surface area (Å²) in [7, 11) is 0. The highest BCUT2D eigenvalue weighted by atomic mass is 79.9. The molecule has 10 nitrogen and oxygen atoms in total. The average molecular weight is 610 g/mol. The van der Waals surface area contributed by atoms with Crippen LogP contribution >= 0.6 is 15.9 Å². The van der Waals surface area contributed by atoms with Crippen LogP contribution in [0.5, 0.6) is 0 Å². The minimum atomic E-state index is -2.03. The Morgan fingerprint density at radius 2 is 1.75 bits per heavy atom. The SMILES string of the molecule is CCOC(=O)C(Cc1ccccc1)(OCc1n[nH]c2cc(-n3nnc4c(F)cc(Br)cc43)ccc12)C(=O)OCC. The topological polar surface area (TPSA) is 121 Å². The van der Waals surface area contributed by atoms with Gasteiger partial charge in [-0.1, -0.05) is 51.5 Å². The summed E-state index contributed by atoms with van der Waals surface area (Å²) < 4.78 is 33.0. The van der Waals surface area contributed by atoms with E-state index in [0.29, 0.717) is 37.8 Å². The van der Waals surface area contributed by atoms with E-state index in [1.807, 2.05) is 6.07 Å². The number of benzene rings is 3. The fraction of sp³-hybridized carbons (Fsp3) is 0.250. The summed E-state index contributed by atoms with van der Waals surface area (Å²) in [6.45, 7) is 3.24. The Hall–Kier alpha value is -4.16. The highest BCUT2D eigenvalue weighted by Crippen LogP contribution is 2.28. The zero-order valence-electron chi connectivity index (χ0n) is 21.7. The molecule has 0 saturated carbocycles. The Morgan fingerprint density at radius 1 is 1.02 bits per heavy atom. The van der Waals surface area contributed by atoms with E-state index in [1.54, 1.807) is 62.4 Å². The van der Waals surface area contributed by atoms with Crippen molar-refractivity contribution in [2.45, 2.75) is 32.5 Å². The zero-order valence-corrected chi connectivity index (χ0v) is 23.3. The van der Waals surface area contributed by atoms with Crippen LogP contribution in [-0.4, -0.2) is 55.9 Å². The van der Waals surface area contributed by atoms with Gasteiger partial charge in [0.2, 0.25) is 0 Å². The van der Waals surface area contributed by atoms with Gasteiger partial charge in [0, 0.05) is 16.3 Å². The molecule has 206 valence electrons. The van der Waals surface area contributed by atoms with E-state index in [0.717, 1.165) is 0 Å². The third kappa shape index (κ3) is 5.19. The molecule has 40 heavy (non-hydrogen) atoms. The van der Waals surface area contributed by atoms with Crippen molar-refractivity contribution in [3.05, 3.63) is 82.2 Å². The third-order valence-corrected chi connectivity index (χ3v) is 6.76. The van der Waals surface area contributed by atoms with Crippen molar-refractivity contribution in [3.8, 4) is 5.69 Å². The van der Waals surface area contributed by atoms with Gasteiger partial charge in [-0.25, -0.2) is 18.7 Å². The first-order valence-corrected chi connectivity index (χ1v) is 13.4. The normalized spacial score (nSPS) is 11.7. The van der Waals surface area contributed by atoms with Gasteiger partial charge in [0.25, 0.3) is 5.60 Å². The molecule has 0 spiro atoms. The molecular weight excluding hydrogens is 585 g/mol. The van der Waals surface area contributed by atoms with Gasteiger partial charge in [0.05, 0.1) is 42.2 Å². The number of fused-ring (bicyclic) bond motifs is 2. The Morgan fingerprint density at radius 3 is 2.45 bits per heavy atom. The van der Waals surface area contributed by atoms with Crippen molar-refractivity contribution >= 4 is 49.8 Å². The number of carbonyl (C=O) groups is 2. The molecule has 0 amide bonds. The molecule has 0 radical (unpaired) electrons. The van der Waals surface area contributed by atoms with Crippen LogP contribution in [0.15, 0.2) is 65.1 Å². The fourth-order valence-corrected chi connectivity index (χ4v) is 4.83. The zero-order chi connectivity index (χ0) is 28.3. The number of aromatic amines is 1. The number of halogens is 2. The highest BCUT2D eigenvalue weighted by molar-refractivity contribution is 9.10. The summed E-state index contributed by atoms with van der Waals surface area (Å²) in [5.41, 5.74) is 1.03. The molecule has 2 heterocycles. The summed E-state index contributed by atoms with van der Waals surface area (Å²) in [6.07, 6.45) is -0.0799. The summed E-state index contributed by atoms with van der Waals surface area (Å²) in [6, 6.07) is 17.4. The number of hydrogen-bond donors (Lipinski definition) is 1. The van der Waals surface area contributed by atoms with Gasteiger partial charge < -0.3 is 14.2 Å². The number of esters is 2. The van der Waals surface area contributed by atoms with E-state index in [-0.39, 0.29) is 31.8 Å². The van der Waals surface area contributed by atoms with Crippen molar-refractivity contribution in [1.29, 1.82) is 0 Å². The van der Waals surface area contributed by atoms with Crippen LogP contribution in [0, 0.1) is 5.82 Å². The predicted octanol–water partition coefficient (Wildman–Crippen LogP) is 4.82. The van der Waals surface area contributed by atoms with Crippen LogP contribution in [0.1, 0.15) is 25.1 Å². The second-order valence-electron chi connectivity index (χ2n) is 8.88. The predicted molar refractivity (Wildman–Crippen MR) is 147 cm³/mol. The Balaban J connectivity index is 1.48. The van der Waals surface area contributed by atoms with Crippen LogP contribution < -0.4 is 0 Å². The molecule has 0 atom stereocenters. The maximum Gasteiger partial charge on any atom is 0.350 e. The average Bonchev–Trinajstić information content (AvgIpc) is 3.55. The summed E-state index contributed by atoms with van der Waals surface area (Å²) in [5, 5.41) is 16.1. The lowest BCUT2D eigenvalue weighted by molar-refractivity contribution is -0.192. The van der Waals surface area contributed by atoms with E-state index in [1.165, 1.54) is 10.7 Å². The van der Waals surface area contributed by atoms with Gasteiger partial charge in [-0.3, -0.25) is 5.10 Å². The minimum Gasteiger partial charge on any atom is -0.463 e. The monoisotopic (exact) mass is 609 g/mol. The molecule has 5 aromatic rings. The van der Waals surface area contributed by atoms with Gasteiger partial charge in [-0.05, 0) is 49.7 Å². The smallest absolute Gasteiger partial charge is 0.350 e. The van der Waals surface area contributed by atoms with Gasteiger partial charge in [0.1, 0.15) is 5.52 Å². The molecule has 0 aliphatic carbocycles. The van der Waals surface area contributed by atoms with Gasteiger partial charge in [-0.15, -0.1) is 5.10 Å². The number of hydrogen-bond acceptors (Lipinski definition) is 8. The summed E-state index contributed by atoms with van der Waals surface area (Å²) >= 11 is 3.31. The Bertz CT molecular complexity index is 1670. The van der Waals surface area contributed by atoms with Crippen LogP contribution in [0.3, 0.4) is 0 Å². The fourth-order valence-electron chi connectivity index (χ4n) is 4.41. The number of rotatable bonds is 10. The largest absolute Gasteiger partial charge is 0.463 e. The lowest BCUT2D eigenvalue weighted by Gasteiger charge is -2.29. The lowest BCUT2D eigenvalue weighted by Crippen LogP contribution is -2.53. The van der Waals surface area contributed by atoms with Gasteiger partial charge in [-0.2, -0.15) is 5.10 Å². The molecule has 5 rings (SSSR count). The molecule has 0 bridgehead atoms. The van der Waals surface area contributed by atoms with Gasteiger partial charge >= 0.3 is 11.9 Å². The van der Waals surface area contributed by atoms with E-state index in [2.05, 4.69) is 36.4 Å². The number of H-pyrrole nitrogens is 1. The summed E-state index contributed by atoms with van der Waals surface area (Å²) in [5.74, 6) is -2.16. The second kappa shape index (κ2) is 11.5. The van der Waals surface area contributed by atoms with Crippen LogP contribution in [-0.2, 0) is 36.8 Å². The number of nitrogens with zero attached hydrogens (tertiary/aromatic N) is 4. The van der Waals surface area contributed by atoms with Crippen LogP contribution in [0.25, 0.3) is 27.6 Å². The number of aromatic nitrogens is 5. The molecule has 1 N–H and O–H groups in total. The molecule has 0 unspecified atom stereocenters. The molecule has 12 heteroatoms. The molecule has 2 aromatic heterocycles. The summed E-state index contributed by atoms with van der Waals surface area (Å²) in [4.78, 5) is 26.4. The first kappa shape index (κ1) is 27.4. The molecular formula is C28H25BrFN5O5. The Kier molecular flexibility index (Phi) is 7.90. The minimum absolute atomic E-state index is 0.0592. The molecule has 0 fully saturated rings. The molecule has 0 aliphatic rings. The van der Waals surface area contributed by atoms with Crippen molar-refractivity contribution in [2.24, 2.45) is 0 Å². The number of ether oxygens (including phenoxy) is 3. The first-order chi connectivity index (χ1) is 19.4. The van der Waals surface area contributed by atoms with E-state index < -0.39 is 23.4 Å². The second-order valence-corrected chi connectivity index (χ2v) is 9.79. The standard InChI is InChI=1S/C28H25BrFN5O5/c1-3-38-26(36)28(27(37)39-4-2,15-17-8-6-5-7-9-17)40-16-23-20-11-10-19(14-22(20)31-32-23)35-24-13-18(29)12-21(30)25(24)33-34-35/h5-14H,3-4,15-16H2,1-2H3,(H,31,32). The van der Waals surface area contributed by atoms with Crippen molar-refractivity contribution in [3.63, 3.8) is 0 Å². The molecule has 3 aromatic carbocycles. The lowest BCUT2D eigenvalue weighted by atomic mass is 9.94. The van der Waals surface area contributed by atoms with E-state index >= 15 is 0 Å². The van der Waals surface area contributed by atoms with Crippen molar-refractivity contribution in [1.82, 2.24) is 25.2 Å². The molecule has 0 saturated heterocycles. The Labute approximate surface area is 236 Å². The van der Waals surface area contributed by atoms with Gasteiger partial charge in [0.15, 0.2) is 5.82 Å². The number of nitrogens with one attached hydrogen (secondary N) is 1. The third-order valence-electron chi connectivity index (χ3n) is 6.30.